The Hall–Kier alpha value is -2.16. The van der Waals surface area contributed by atoms with E-state index in [4.69, 9.17) is 4.42 Å². The first-order chi connectivity index (χ1) is 7.40. The van der Waals surface area contributed by atoms with Crippen LogP contribution in [0.25, 0.3) is 21.9 Å². The lowest BCUT2D eigenvalue weighted by atomic mass is 10.2. The van der Waals surface area contributed by atoms with E-state index in [2.05, 4.69) is 4.98 Å². The fourth-order valence-corrected chi connectivity index (χ4v) is 1.76. The molecule has 0 radical (unpaired) electrons. The highest BCUT2D eigenvalue weighted by Gasteiger charge is 2.09. The van der Waals surface area contributed by atoms with Crippen LogP contribution in [0, 0.1) is 0 Å². The van der Waals surface area contributed by atoms with Crippen molar-refractivity contribution in [1.29, 1.82) is 0 Å². The van der Waals surface area contributed by atoms with Crippen LogP contribution in [0.15, 0.2) is 40.9 Å². The Morgan fingerprint density at radius 3 is 2.87 bits per heavy atom. The molecule has 0 bridgehead atoms. The third-order valence-corrected chi connectivity index (χ3v) is 2.43. The molecule has 0 N–H and O–H groups in total. The van der Waals surface area contributed by atoms with Gasteiger partial charge in [0, 0.05) is 17.0 Å². The van der Waals surface area contributed by atoms with Crippen LogP contribution in [-0.2, 0) is 0 Å². The Morgan fingerprint density at radius 2 is 2.00 bits per heavy atom. The molecule has 0 aliphatic heterocycles. The fourth-order valence-electron chi connectivity index (χ4n) is 1.76. The zero-order valence-electron chi connectivity index (χ0n) is 7.81. The highest BCUT2D eigenvalue weighted by Crippen LogP contribution is 2.28. The topological polar surface area (TPSA) is 43.1 Å². The Labute approximate surface area is 85.3 Å². The maximum absolute atomic E-state index is 10.8. The van der Waals surface area contributed by atoms with Crippen molar-refractivity contribution in [2.75, 3.05) is 0 Å². The molecule has 0 saturated carbocycles. The van der Waals surface area contributed by atoms with Gasteiger partial charge in [-0.1, -0.05) is 18.2 Å². The molecule has 3 rings (SSSR count). The van der Waals surface area contributed by atoms with Crippen LogP contribution in [0.3, 0.4) is 0 Å². The molecule has 0 unspecified atom stereocenters. The average molecular weight is 197 g/mol. The summed E-state index contributed by atoms with van der Waals surface area (Å²) >= 11 is 0. The molecule has 0 amide bonds. The summed E-state index contributed by atoms with van der Waals surface area (Å²) in [5.74, 6) is 0. The third-order valence-electron chi connectivity index (χ3n) is 2.43. The number of aromatic nitrogens is 1. The molecule has 2 heterocycles. The minimum atomic E-state index is 0.351. The minimum Gasteiger partial charge on any atom is -0.454 e. The molecule has 15 heavy (non-hydrogen) atoms. The SMILES string of the molecule is O=Cc1nccc2c1oc1ccccc12. The lowest BCUT2D eigenvalue weighted by Crippen LogP contribution is -1.84. The fraction of sp³-hybridized carbons (Fsp3) is 0. The van der Waals surface area contributed by atoms with Crippen molar-refractivity contribution >= 4 is 28.2 Å². The van der Waals surface area contributed by atoms with Crippen molar-refractivity contribution in [3.05, 3.63) is 42.2 Å². The second-order valence-electron chi connectivity index (χ2n) is 3.29. The van der Waals surface area contributed by atoms with E-state index in [-0.39, 0.29) is 0 Å². The number of rotatable bonds is 1. The minimum absolute atomic E-state index is 0.351. The van der Waals surface area contributed by atoms with Crippen LogP contribution < -0.4 is 0 Å². The van der Waals surface area contributed by atoms with Gasteiger partial charge in [0.2, 0.25) is 0 Å². The van der Waals surface area contributed by atoms with Gasteiger partial charge < -0.3 is 4.42 Å². The van der Waals surface area contributed by atoms with Crippen LogP contribution in [0.4, 0.5) is 0 Å². The van der Waals surface area contributed by atoms with Crippen LogP contribution in [0.5, 0.6) is 0 Å². The molecule has 0 fully saturated rings. The number of para-hydroxylation sites is 1. The van der Waals surface area contributed by atoms with E-state index in [0.717, 1.165) is 16.4 Å². The highest BCUT2D eigenvalue weighted by molar-refractivity contribution is 6.08. The van der Waals surface area contributed by atoms with E-state index in [1.165, 1.54) is 0 Å². The summed E-state index contributed by atoms with van der Waals surface area (Å²) in [6.07, 6.45) is 2.33. The number of benzene rings is 1. The molecule has 3 nitrogen and oxygen atoms in total. The average Bonchev–Trinajstić information content (AvgIpc) is 2.67. The summed E-state index contributed by atoms with van der Waals surface area (Å²) in [5, 5.41) is 1.95. The van der Waals surface area contributed by atoms with Crippen molar-refractivity contribution < 1.29 is 9.21 Å². The molecule has 3 heteroatoms. The number of fused-ring (bicyclic) bond motifs is 3. The number of aldehydes is 1. The Bertz CT molecular complexity index is 655. The largest absolute Gasteiger partial charge is 0.454 e. The summed E-state index contributed by atoms with van der Waals surface area (Å²) in [6, 6.07) is 9.55. The van der Waals surface area contributed by atoms with Gasteiger partial charge in [0.15, 0.2) is 11.9 Å². The van der Waals surface area contributed by atoms with Crippen LogP contribution >= 0.6 is 0 Å². The van der Waals surface area contributed by atoms with Gasteiger partial charge in [-0.15, -0.1) is 0 Å². The number of nitrogens with zero attached hydrogens (tertiary/aromatic N) is 1. The van der Waals surface area contributed by atoms with E-state index in [1.54, 1.807) is 6.20 Å². The zero-order chi connectivity index (χ0) is 10.3. The molecule has 0 aliphatic rings. The number of carbonyl (C=O) groups is 1. The van der Waals surface area contributed by atoms with Crippen LogP contribution in [-0.4, -0.2) is 11.3 Å². The normalized spacial score (nSPS) is 10.9. The van der Waals surface area contributed by atoms with Crippen molar-refractivity contribution in [3.63, 3.8) is 0 Å². The van der Waals surface area contributed by atoms with Crippen molar-refractivity contribution in [2.24, 2.45) is 0 Å². The maximum Gasteiger partial charge on any atom is 0.172 e. The predicted molar refractivity (Wildman–Crippen MR) is 56.9 cm³/mol. The van der Waals surface area contributed by atoms with Gasteiger partial charge in [-0.25, -0.2) is 4.98 Å². The van der Waals surface area contributed by atoms with Crippen LogP contribution in [0.1, 0.15) is 10.5 Å². The van der Waals surface area contributed by atoms with Gasteiger partial charge in [0.25, 0.3) is 0 Å². The lowest BCUT2D eigenvalue weighted by Gasteiger charge is -1.89. The summed E-state index contributed by atoms with van der Waals surface area (Å²) in [4.78, 5) is 14.7. The summed E-state index contributed by atoms with van der Waals surface area (Å²) in [6.45, 7) is 0. The molecule has 3 aromatic rings. The number of hydrogen-bond acceptors (Lipinski definition) is 3. The first kappa shape index (κ1) is 8.17. The van der Waals surface area contributed by atoms with E-state index >= 15 is 0 Å². The van der Waals surface area contributed by atoms with Gasteiger partial charge >= 0.3 is 0 Å². The second-order valence-corrected chi connectivity index (χ2v) is 3.29. The third kappa shape index (κ3) is 1.06. The van der Waals surface area contributed by atoms with Gasteiger partial charge in [-0.2, -0.15) is 0 Å². The van der Waals surface area contributed by atoms with Crippen molar-refractivity contribution in [2.45, 2.75) is 0 Å². The number of carbonyl (C=O) groups excluding carboxylic acids is 1. The van der Waals surface area contributed by atoms with Crippen molar-refractivity contribution in [3.8, 4) is 0 Å². The monoisotopic (exact) mass is 197 g/mol. The van der Waals surface area contributed by atoms with Gasteiger partial charge in [0.05, 0.1) is 0 Å². The standard InChI is InChI=1S/C12H7NO2/c14-7-10-12-9(5-6-13-10)8-3-1-2-4-11(8)15-12/h1-7H. The molecule has 1 aromatic carbocycles. The maximum atomic E-state index is 10.8. The molecular formula is C12H7NO2. The number of hydrogen-bond donors (Lipinski definition) is 0. The van der Waals surface area contributed by atoms with E-state index in [0.29, 0.717) is 17.6 Å². The molecule has 0 aliphatic carbocycles. The van der Waals surface area contributed by atoms with Gasteiger partial charge in [0.1, 0.15) is 11.3 Å². The summed E-state index contributed by atoms with van der Waals surface area (Å²) in [7, 11) is 0. The summed E-state index contributed by atoms with van der Waals surface area (Å²) in [5.41, 5.74) is 1.70. The first-order valence-electron chi connectivity index (χ1n) is 4.61. The Kier molecular flexibility index (Phi) is 1.59. The second kappa shape index (κ2) is 2.92. The number of pyridine rings is 1. The number of furan rings is 1. The van der Waals surface area contributed by atoms with E-state index in [9.17, 15) is 4.79 Å². The van der Waals surface area contributed by atoms with E-state index in [1.807, 2.05) is 30.3 Å². The van der Waals surface area contributed by atoms with Crippen LogP contribution in [0.2, 0.25) is 0 Å². The quantitative estimate of drug-likeness (QED) is 0.563. The molecule has 0 atom stereocenters. The molecule has 2 aromatic heterocycles. The first-order valence-corrected chi connectivity index (χ1v) is 4.61. The zero-order valence-corrected chi connectivity index (χ0v) is 7.81. The highest BCUT2D eigenvalue weighted by atomic mass is 16.3. The molecule has 0 spiro atoms. The predicted octanol–water partition coefficient (Wildman–Crippen LogP) is 2.79. The lowest BCUT2D eigenvalue weighted by molar-refractivity contribution is 0.112. The van der Waals surface area contributed by atoms with E-state index < -0.39 is 0 Å². The Balaban J connectivity index is 2.59. The van der Waals surface area contributed by atoms with Gasteiger partial charge in [-0.05, 0) is 12.1 Å². The van der Waals surface area contributed by atoms with Crippen molar-refractivity contribution in [1.82, 2.24) is 4.98 Å². The smallest absolute Gasteiger partial charge is 0.172 e. The van der Waals surface area contributed by atoms with Gasteiger partial charge in [-0.3, -0.25) is 4.79 Å². The summed E-state index contributed by atoms with van der Waals surface area (Å²) < 4.78 is 5.58. The molecular weight excluding hydrogens is 190 g/mol. The molecule has 0 saturated heterocycles. The molecule has 72 valence electrons. The Morgan fingerprint density at radius 1 is 1.13 bits per heavy atom.